The monoisotopic (exact) mass is 613 g/mol. The highest BCUT2D eigenvalue weighted by atomic mass is 35.5. The van der Waals surface area contributed by atoms with E-state index < -0.39 is 28.5 Å². The van der Waals surface area contributed by atoms with E-state index in [0.717, 1.165) is 21.7 Å². The Morgan fingerprint density at radius 1 is 0.929 bits per heavy atom. The van der Waals surface area contributed by atoms with Gasteiger partial charge >= 0.3 is 0 Å². The molecule has 42 heavy (non-hydrogen) atoms. The number of carbonyl (C=O) groups excluding carboxylic acids is 2. The minimum Gasteiger partial charge on any atom is -0.486 e. The van der Waals surface area contributed by atoms with Crippen LogP contribution in [-0.4, -0.2) is 63.7 Å². The van der Waals surface area contributed by atoms with E-state index in [4.69, 9.17) is 21.1 Å². The molecule has 0 unspecified atom stereocenters. The zero-order valence-corrected chi connectivity index (χ0v) is 25.5. The molecule has 2 amide bonds. The lowest BCUT2D eigenvalue weighted by Crippen LogP contribution is -2.53. The molecule has 0 aromatic heterocycles. The van der Waals surface area contributed by atoms with Crippen LogP contribution in [0, 0.1) is 5.92 Å². The molecule has 224 valence electrons. The van der Waals surface area contributed by atoms with E-state index in [-0.39, 0.29) is 30.5 Å². The smallest absolute Gasteiger partial charge is 0.244 e. The van der Waals surface area contributed by atoms with Crippen LogP contribution in [0.25, 0.3) is 0 Å². The van der Waals surface area contributed by atoms with Crippen LogP contribution < -0.4 is 19.1 Å². The molecular formula is C31H36ClN3O6S. The van der Waals surface area contributed by atoms with Crippen LogP contribution in [0.3, 0.4) is 0 Å². The molecule has 3 aromatic rings. The van der Waals surface area contributed by atoms with Gasteiger partial charge in [-0.05, 0) is 41.3 Å². The first kappa shape index (κ1) is 31.2. The van der Waals surface area contributed by atoms with E-state index in [0.29, 0.717) is 36.3 Å². The van der Waals surface area contributed by atoms with Crippen molar-refractivity contribution in [2.75, 3.05) is 36.9 Å². The van der Waals surface area contributed by atoms with Crippen molar-refractivity contribution in [2.45, 2.75) is 32.9 Å². The van der Waals surface area contributed by atoms with Gasteiger partial charge in [-0.1, -0.05) is 67.9 Å². The van der Waals surface area contributed by atoms with Gasteiger partial charge in [-0.15, -0.1) is 0 Å². The lowest BCUT2D eigenvalue weighted by molar-refractivity contribution is -0.140. The van der Waals surface area contributed by atoms with Crippen LogP contribution in [0.4, 0.5) is 5.69 Å². The van der Waals surface area contributed by atoms with E-state index in [2.05, 4.69) is 5.32 Å². The molecule has 0 spiro atoms. The largest absolute Gasteiger partial charge is 0.486 e. The number of ether oxygens (including phenoxy) is 2. The van der Waals surface area contributed by atoms with E-state index in [9.17, 15) is 18.0 Å². The summed E-state index contributed by atoms with van der Waals surface area (Å²) < 4.78 is 38.3. The fraction of sp³-hybridized carbons (Fsp3) is 0.355. The summed E-state index contributed by atoms with van der Waals surface area (Å²) >= 11 is 6.10. The van der Waals surface area contributed by atoms with Crippen molar-refractivity contribution >= 4 is 39.1 Å². The van der Waals surface area contributed by atoms with E-state index in [1.165, 1.54) is 4.90 Å². The van der Waals surface area contributed by atoms with Gasteiger partial charge in [0, 0.05) is 30.6 Å². The topological polar surface area (TPSA) is 105 Å². The second kappa shape index (κ2) is 13.9. The maximum atomic E-state index is 14.2. The van der Waals surface area contributed by atoms with Crippen molar-refractivity contribution < 1.29 is 27.5 Å². The summed E-state index contributed by atoms with van der Waals surface area (Å²) in [6.07, 6.45) is 1.28. The Balaban J connectivity index is 1.71. The Morgan fingerprint density at radius 3 is 2.24 bits per heavy atom. The third-order valence-corrected chi connectivity index (χ3v) is 8.11. The lowest BCUT2D eigenvalue weighted by atomic mass is 10.0. The number of rotatable bonds is 12. The molecule has 0 bridgehead atoms. The van der Waals surface area contributed by atoms with Gasteiger partial charge < -0.3 is 19.7 Å². The molecule has 0 radical (unpaired) electrons. The maximum Gasteiger partial charge on any atom is 0.244 e. The summed E-state index contributed by atoms with van der Waals surface area (Å²) in [5.41, 5.74) is 1.86. The predicted octanol–water partition coefficient (Wildman–Crippen LogP) is 4.29. The maximum absolute atomic E-state index is 14.2. The van der Waals surface area contributed by atoms with Crippen LogP contribution in [-0.2, 0) is 32.6 Å². The van der Waals surface area contributed by atoms with E-state index in [1.807, 2.05) is 44.2 Å². The number of anilines is 1. The van der Waals surface area contributed by atoms with Gasteiger partial charge in [-0.3, -0.25) is 13.9 Å². The van der Waals surface area contributed by atoms with Crippen molar-refractivity contribution in [3.05, 3.63) is 88.9 Å². The fourth-order valence-corrected chi connectivity index (χ4v) is 5.53. The standard InChI is InChI=1S/C31H36ClN3O6S/c1-22(2)19-33-31(37)27(17-23-7-5-4-6-8-23)34(20-24-9-11-25(32)12-10-24)30(36)21-35(42(3,38)39)26-13-14-28-29(18-26)41-16-15-40-28/h4-14,18,22,27H,15-17,19-21H2,1-3H3,(H,33,37)/t27-/m1/s1. The summed E-state index contributed by atoms with van der Waals surface area (Å²) in [5, 5.41) is 3.50. The number of benzene rings is 3. The number of fused-ring (bicyclic) bond motifs is 1. The number of hydrogen-bond acceptors (Lipinski definition) is 6. The number of nitrogens with one attached hydrogen (secondary N) is 1. The van der Waals surface area contributed by atoms with E-state index >= 15 is 0 Å². The van der Waals surface area contributed by atoms with E-state index in [1.54, 1.807) is 42.5 Å². The average Bonchev–Trinajstić information content (AvgIpc) is 2.97. The number of nitrogens with zero attached hydrogens (tertiary/aromatic N) is 2. The Hall–Kier alpha value is -3.76. The first-order valence-electron chi connectivity index (χ1n) is 13.7. The number of hydrogen-bond donors (Lipinski definition) is 1. The Kier molecular flexibility index (Phi) is 10.3. The molecule has 1 aliphatic rings. The summed E-state index contributed by atoms with van der Waals surface area (Å²) in [6.45, 7) is 4.68. The van der Waals surface area contributed by atoms with Crippen LogP contribution in [0.2, 0.25) is 5.02 Å². The summed E-state index contributed by atoms with van der Waals surface area (Å²) in [5.74, 6) is 0.237. The quantitative estimate of drug-likeness (QED) is 0.327. The highest BCUT2D eigenvalue weighted by molar-refractivity contribution is 7.92. The Bertz CT molecular complexity index is 1480. The van der Waals surface area contributed by atoms with Gasteiger partial charge in [0.15, 0.2) is 11.5 Å². The average molecular weight is 614 g/mol. The van der Waals surface area contributed by atoms with Gasteiger partial charge in [0.25, 0.3) is 0 Å². The molecular weight excluding hydrogens is 578 g/mol. The van der Waals surface area contributed by atoms with Gasteiger partial charge in [0.1, 0.15) is 25.8 Å². The molecule has 0 saturated heterocycles. The molecule has 4 rings (SSSR count). The lowest BCUT2D eigenvalue weighted by Gasteiger charge is -2.34. The molecule has 0 aliphatic carbocycles. The van der Waals surface area contributed by atoms with Crippen molar-refractivity contribution in [2.24, 2.45) is 5.92 Å². The summed E-state index contributed by atoms with van der Waals surface area (Å²) in [7, 11) is -3.91. The molecule has 1 heterocycles. The molecule has 1 aliphatic heterocycles. The highest BCUT2D eigenvalue weighted by Crippen LogP contribution is 2.34. The Morgan fingerprint density at radius 2 is 1.60 bits per heavy atom. The minimum absolute atomic E-state index is 0.0708. The molecule has 9 nitrogen and oxygen atoms in total. The zero-order chi connectivity index (χ0) is 30.3. The summed E-state index contributed by atoms with van der Waals surface area (Å²) in [4.78, 5) is 29.3. The molecule has 1 N–H and O–H groups in total. The zero-order valence-electron chi connectivity index (χ0n) is 24.0. The van der Waals surface area contributed by atoms with Crippen LogP contribution in [0.1, 0.15) is 25.0 Å². The van der Waals surface area contributed by atoms with Gasteiger partial charge in [0.05, 0.1) is 11.9 Å². The van der Waals surface area contributed by atoms with Crippen molar-refractivity contribution in [1.29, 1.82) is 0 Å². The molecule has 11 heteroatoms. The van der Waals surface area contributed by atoms with Gasteiger partial charge in [0.2, 0.25) is 21.8 Å². The molecule has 1 atom stereocenters. The number of amides is 2. The first-order valence-corrected chi connectivity index (χ1v) is 16.0. The van der Waals surface area contributed by atoms with Gasteiger partial charge in [-0.25, -0.2) is 8.42 Å². The molecule has 0 saturated carbocycles. The number of sulfonamides is 1. The van der Waals surface area contributed by atoms with Crippen LogP contribution in [0.5, 0.6) is 11.5 Å². The van der Waals surface area contributed by atoms with Crippen LogP contribution >= 0.6 is 11.6 Å². The third-order valence-electron chi connectivity index (χ3n) is 6.71. The predicted molar refractivity (Wildman–Crippen MR) is 163 cm³/mol. The minimum atomic E-state index is -3.91. The van der Waals surface area contributed by atoms with Gasteiger partial charge in [-0.2, -0.15) is 0 Å². The van der Waals surface area contributed by atoms with Crippen molar-refractivity contribution in [3.8, 4) is 11.5 Å². The third kappa shape index (κ3) is 8.39. The van der Waals surface area contributed by atoms with Crippen LogP contribution in [0.15, 0.2) is 72.8 Å². The van der Waals surface area contributed by atoms with Crippen molar-refractivity contribution in [3.63, 3.8) is 0 Å². The first-order chi connectivity index (χ1) is 20.0. The SMILES string of the molecule is CC(C)CNC(=O)[C@@H](Cc1ccccc1)N(Cc1ccc(Cl)cc1)C(=O)CN(c1ccc2c(c1)OCCO2)S(C)(=O)=O. The Labute approximate surface area is 252 Å². The fourth-order valence-electron chi connectivity index (χ4n) is 4.56. The molecule has 3 aromatic carbocycles. The van der Waals surface area contributed by atoms with Crippen molar-refractivity contribution in [1.82, 2.24) is 10.2 Å². The summed E-state index contributed by atoms with van der Waals surface area (Å²) in [6, 6.07) is 20.2. The molecule has 0 fully saturated rings. The highest BCUT2D eigenvalue weighted by Gasteiger charge is 2.33. The normalized spacial score (nSPS) is 13.4. The number of carbonyl (C=O) groups is 2. The second-order valence-corrected chi connectivity index (χ2v) is 12.9. The number of halogens is 1. The second-order valence-electron chi connectivity index (χ2n) is 10.6.